The number of hydrogen-bond acceptors (Lipinski definition) is 4. The lowest BCUT2D eigenvalue weighted by Gasteiger charge is -2.13. The number of nitrogens with zero attached hydrogens (tertiary/aromatic N) is 3. The molecule has 1 saturated heterocycles. The van der Waals surface area contributed by atoms with Crippen molar-refractivity contribution in [3.8, 4) is 0 Å². The van der Waals surface area contributed by atoms with Gasteiger partial charge in [-0.2, -0.15) is 0 Å². The molecule has 0 aliphatic carbocycles. The summed E-state index contributed by atoms with van der Waals surface area (Å²) in [6.45, 7) is 9.61. The van der Waals surface area contributed by atoms with Gasteiger partial charge in [0.15, 0.2) is 5.96 Å². The first kappa shape index (κ1) is 23.9. The van der Waals surface area contributed by atoms with Crippen LogP contribution in [-0.4, -0.2) is 61.1 Å². The van der Waals surface area contributed by atoms with E-state index in [1.807, 2.05) is 6.07 Å². The number of para-hydroxylation sites is 2. The molecule has 2 heterocycles. The van der Waals surface area contributed by atoms with Crippen LogP contribution >= 0.6 is 24.0 Å². The van der Waals surface area contributed by atoms with Gasteiger partial charge in [0.25, 0.3) is 0 Å². The molecule has 1 fully saturated rings. The summed E-state index contributed by atoms with van der Waals surface area (Å²) < 4.78 is 13.5. The quantitative estimate of drug-likeness (QED) is 0.220. The summed E-state index contributed by atoms with van der Waals surface area (Å²) in [7, 11) is 0. The normalized spacial score (nSPS) is 16.8. The van der Waals surface area contributed by atoms with Crippen molar-refractivity contribution in [2.45, 2.75) is 45.8 Å². The molecule has 1 atom stereocenters. The van der Waals surface area contributed by atoms with Gasteiger partial charge in [-0.25, -0.2) is 4.98 Å². The Labute approximate surface area is 190 Å². The fourth-order valence-corrected chi connectivity index (χ4v) is 3.47. The third kappa shape index (κ3) is 7.42. The van der Waals surface area contributed by atoms with Crippen molar-refractivity contribution in [2.24, 2.45) is 4.99 Å². The summed E-state index contributed by atoms with van der Waals surface area (Å²) in [6, 6.07) is 8.28. The molecule has 0 bridgehead atoms. The highest BCUT2D eigenvalue weighted by atomic mass is 127. The first-order valence-corrected chi connectivity index (χ1v) is 10.4. The number of nitrogens with one attached hydrogen (secondary N) is 2. The smallest absolute Gasteiger partial charge is 0.191 e. The van der Waals surface area contributed by atoms with Crippen molar-refractivity contribution in [2.75, 3.05) is 39.5 Å². The van der Waals surface area contributed by atoms with Crippen molar-refractivity contribution in [1.29, 1.82) is 0 Å². The number of guanidine groups is 1. The maximum atomic E-state index is 5.69. The van der Waals surface area contributed by atoms with E-state index in [-0.39, 0.29) is 30.1 Å². The average molecular weight is 515 g/mol. The van der Waals surface area contributed by atoms with Crippen molar-refractivity contribution in [3.05, 3.63) is 30.1 Å². The third-order valence-corrected chi connectivity index (χ3v) is 4.87. The first-order valence-electron chi connectivity index (χ1n) is 10.4. The number of halogens is 1. The van der Waals surface area contributed by atoms with E-state index in [9.17, 15) is 0 Å². The van der Waals surface area contributed by atoms with Crippen LogP contribution in [-0.2, 0) is 16.0 Å². The predicted molar refractivity (Wildman–Crippen MR) is 128 cm³/mol. The van der Waals surface area contributed by atoms with E-state index < -0.39 is 0 Å². The molecule has 1 aliphatic rings. The second-order valence-electron chi connectivity index (χ2n) is 7.05. The van der Waals surface area contributed by atoms with E-state index in [4.69, 9.17) is 9.47 Å². The minimum atomic E-state index is 0. The topological polar surface area (TPSA) is 72.7 Å². The van der Waals surface area contributed by atoms with Crippen LogP contribution < -0.4 is 10.6 Å². The molecule has 1 aromatic carbocycles. The van der Waals surface area contributed by atoms with E-state index in [0.717, 1.165) is 69.3 Å². The first-order chi connectivity index (χ1) is 13.8. The van der Waals surface area contributed by atoms with Crippen molar-refractivity contribution >= 4 is 41.0 Å². The predicted octanol–water partition coefficient (Wildman–Crippen LogP) is 3.10. The zero-order valence-electron chi connectivity index (χ0n) is 17.5. The zero-order chi connectivity index (χ0) is 19.6. The maximum Gasteiger partial charge on any atom is 0.191 e. The van der Waals surface area contributed by atoms with Gasteiger partial charge in [0, 0.05) is 32.8 Å². The average Bonchev–Trinajstić information content (AvgIpc) is 3.32. The minimum Gasteiger partial charge on any atom is -0.377 e. The van der Waals surface area contributed by atoms with Gasteiger partial charge in [0.1, 0.15) is 5.82 Å². The van der Waals surface area contributed by atoms with Crippen LogP contribution in [0.5, 0.6) is 0 Å². The highest BCUT2D eigenvalue weighted by molar-refractivity contribution is 14.0. The van der Waals surface area contributed by atoms with Gasteiger partial charge in [0.2, 0.25) is 0 Å². The SMILES string of the molecule is CCNC(=NCCCn1c(C)nc2ccccc21)NCCOCC1CCCO1.I. The second-order valence-corrected chi connectivity index (χ2v) is 7.05. The number of aryl methyl sites for hydroxylation is 2. The molecule has 8 heteroatoms. The van der Waals surface area contributed by atoms with Gasteiger partial charge in [-0.3, -0.25) is 4.99 Å². The molecule has 162 valence electrons. The lowest BCUT2D eigenvalue weighted by Crippen LogP contribution is -2.39. The molecule has 29 heavy (non-hydrogen) atoms. The van der Waals surface area contributed by atoms with Crippen LogP contribution in [0.4, 0.5) is 0 Å². The molecular formula is C21H34IN5O2. The molecule has 0 spiro atoms. The largest absolute Gasteiger partial charge is 0.377 e. The number of hydrogen-bond donors (Lipinski definition) is 2. The Morgan fingerprint density at radius 3 is 3.00 bits per heavy atom. The fraction of sp³-hybridized carbons (Fsp3) is 0.619. The number of imidazole rings is 1. The molecule has 3 rings (SSSR count). The van der Waals surface area contributed by atoms with Gasteiger partial charge in [-0.1, -0.05) is 12.1 Å². The van der Waals surface area contributed by atoms with Crippen molar-refractivity contribution in [1.82, 2.24) is 20.2 Å². The Morgan fingerprint density at radius 2 is 2.21 bits per heavy atom. The molecule has 1 unspecified atom stereocenters. The Bertz CT molecular complexity index is 759. The van der Waals surface area contributed by atoms with Gasteiger partial charge >= 0.3 is 0 Å². The van der Waals surface area contributed by atoms with E-state index in [1.165, 1.54) is 5.52 Å². The second kappa shape index (κ2) is 13.0. The number of aromatic nitrogens is 2. The monoisotopic (exact) mass is 515 g/mol. The lowest BCUT2D eigenvalue weighted by atomic mass is 10.2. The Hall–Kier alpha value is -1.39. The summed E-state index contributed by atoms with van der Waals surface area (Å²) in [4.78, 5) is 9.30. The lowest BCUT2D eigenvalue weighted by molar-refractivity contribution is 0.0191. The van der Waals surface area contributed by atoms with Gasteiger partial charge < -0.3 is 24.7 Å². The minimum absolute atomic E-state index is 0. The molecule has 1 aliphatic heterocycles. The van der Waals surface area contributed by atoms with E-state index in [2.05, 4.69) is 57.2 Å². The maximum absolute atomic E-state index is 5.69. The van der Waals surface area contributed by atoms with E-state index in [0.29, 0.717) is 13.2 Å². The summed E-state index contributed by atoms with van der Waals surface area (Å²) in [5, 5.41) is 6.62. The van der Waals surface area contributed by atoms with Crippen LogP contribution in [0.1, 0.15) is 32.0 Å². The zero-order valence-corrected chi connectivity index (χ0v) is 19.9. The van der Waals surface area contributed by atoms with Crippen LogP contribution in [0.15, 0.2) is 29.3 Å². The standard InChI is InChI=1S/C21H33N5O2.HI/c1-3-22-21(24-12-15-27-16-18-8-6-14-28-18)23-11-7-13-26-17(2)25-19-9-4-5-10-20(19)26;/h4-5,9-10,18H,3,6-8,11-16H2,1-2H3,(H2,22,23,24);1H. The molecular weight excluding hydrogens is 481 g/mol. The highest BCUT2D eigenvalue weighted by Gasteiger charge is 2.14. The molecule has 2 N–H and O–H groups in total. The number of rotatable bonds is 10. The number of aliphatic imine (C=N–C) groups is 1. The van der Waals surface area contributed by atoms with Gasteiger partial charge in [-0.05, 0) is 45.2 Å². The molecule has 7 nitrogen and oxygen atoms in total. The highest BCUT2D eigenvalue weighted by Crippen LogP contribution is 2.15. The Balaban J connectivity index is 0.00000300. The molecule has 2 aromatic rings. The van der Waals surface area contributed by atoms with Crippen molar-refractivity contribution in [3.63, 3.8) is 0 Å². The van der Waals surface area contributed by atoms with Crippen LogP contribution in [0, 0.1) is 6.92 Å². The van der Waals surface area contributed by atoms with Gasteiger partial charge in [-0.15, -0.1) is 24.0 Å². The van der Waals surface area contributed by atoms with Crippen LogP contribution in [0.3, 0.4) is 0 Å². The Morgan fingerprint density at radius 1 is 1.34 bits per heavy atom. The van der Waals surface area contributed by atoms with Crippen LogP contribution in [0.25, 0.3) is 11.0 Å². The van der Waals surface area contributed by atoms with Crippen molar-refractivity contribution < 1.29 is 9.47 Å². The Kier molecular flexibility index (Phi) is 10.7. The molecule has 0 radical (unpaired) electrons. The van der Waals surface area contributed by atoms with E-state index in [1.54, 1.807) is 0 Å². The molecule has 1 aromatic heterocycles. The number of fused-ring (bicyclic) bond motifs is 1. The molecule has 0 amide bonds. The summed E-state index contributed by atoms with van der Waals surface area (Å²) >= 11 is 0. The summed E-state index contributed by atoms with van der Waals surface area (Å²) in [5.41, 5.74) is 2.25. The molecule has 0 saturated carbocycles. The summed E-state index contributed by atoms with van der Waals surface area (Å²) in [5.74, 6) is 1.90. The van der Waals surface area contributed by atoms with Crippen LogP contribution in [0.2, 0.25) is 0 Å². The number of benzene rings is 1. The fourth-order valence-electron chi connectivity index (χ4n) is 3.47. The van der Waals surface area contributed by atoms with Gasteiger partial charge in [0.05, 0.1) is 30.4 Å². The number of ether oxygens (including phenoxy) is 2. The summed E-state index contributed by atoms with van der Waals surface area (Å²) in [6.07, 6.45) is 3.51. The third-order valence-electron chi connectivity index (χ3n) is 4.87. The van der Waals surface area contributed by atoms with E-state index >= 15 is 0 Å².